The van der Waals surface area contributed by atoms with Gasteiger partial charge in [0.25, 0.3) is 10.0 Å². The number of aliphatic hydroxyl groups is 1. The molecule has 9 heteroatoms. The summed E-state index contributed by atoms with van der Waals surface area (Å²) in [7, 11) is -2.35. The van der Waals surface area contributed by atoms with E-state index in [1.807, 2.05) is 0 Å². The molecule has 0 unspecified atom stereocenters. The number of hydrogen-bond acceptors (Lipinski definition) is 5. The van der Waals surface area contributed by atoms with E-state index in [0.29, 0.717) is 37.4 Å². The zero-order chi connectivity index (χ0) is 21.0. The van der Waals surface area contributed by atoms with Crippen LogP contribution in [0.4, 0.5) is 5.69 Å². The molecular formula is C20H23ClN2O5S. The zero-order valence-electron chi connectivity index (χ0n) is 16.0. The Kier molecular flexibility index (Phi) is 6.66. The maximum Gasteiger partial charge on any atom is 0.261 e. The molecular weight excluding hydrogens is 416 g/mol. The minimum Gasteiger partial charge on any atom is -0.495 e. The van der Waals surface area contributed by atoms with Crippen LogP contribution in [0, 0.1) is 0 Å². The Morgan fingerprint density at radius 1 is 1.21 bits per heavy atom. The average molecular weight is 439 g/mol. The Morgan fingerprint density at radius 3 is 2.45 bits per heavy atom. The zero-order valence-corrected chi connectivity index (χ0v) is 17.5. The molecule has 156 valence electrons. The first-order chi connectivity index (χ1) is 13.8. The normalized spacial score (nSPS) is 15.2. The number of piperidine rings is 1. The molecule has 2 N–H and O–H groups in total. The van der Waals surface area contributed by atoms with Crippen LogP contribution in [0.25, 0.3) is 0 Å². The number of rotatable bonds is 6. The summed E-state index contributed by atoms with van der Waals surface area (Å²) in [6, 6.07) is 10.9. The number of halogens is 1. The summed E-state index contributed by atoms with van der Waals surface area (Å²) in [6.07, 6.45) is 1.10. The molecule has 1 fully saturated rings. The van der Waals surface area contributed by atoms with E-state index in [1.165, 1.54) is 25.3 Å². The summed E-state index contributed by atoms with van der Waals surface area (Å²) in [5.41, 5.74) is 1.17. The van der Waals surface area contributed by atoms with Gasteiger partial charge in [-0.25, -0.2) is 8.42 Å². The number of amides is 1. The Labute approximate surface area is 175 Å². The van der Waals surface area contributed by atoms with Crippen LogP contribution in [0.5, 0.6) is 5.75 Å². The fraction of sp³-hybridized carbons (Fsp3) is 0.350. The highest BCUT2D eigenvalue weighted by Crippen LogP contribution is 2.28. The lowest BCUT2D eigenvalue weighted by atomic mass is 10.1. The van der Waals surface area contributed by atoms with E-state index in [1.54, 1.807) is 29.2 Å². The molecule has 1 heterocycles. The largest absolute Gasteiger partial charge is 0.495 e. The van der Waals surface area contributed by atoms with Gasteiger partial charge in [0.05, 0.1) is 29.6 Å². The third-order valence-corrected chi connectivity index (χ3v) is 6.49. The van der Waals surface area contributed by atoms with Crippen molar-refractivity contribution in [3.63, 3.8) is 0 Å². The molecule has 0 spiro atoms. The lowest BCUT2D eigenvalue weighted by Crippen LogP contribution is -2.40. The second kappa shape index (κ2) is 9.02. The van der Waals surface area contributed by atoms with Gasteiger partial charge in [-0.3, -0.25) is 9.52 Å². The van der Waals surface area contributed by atoms with Gasteiger partial charge in [-0.05, 0) is 48.7 Å². The molecule has 2 aromatic rings. The van der Waals surface area contributed by atoms with Crippen LogP contribution in [0.2, 0.25) is 5.02 Å². The highest BCUT2D eigenvalue weighted by atomic mass is 35.5. The van der Waals surface area contributed by atoms with Gasteiger partial charge in [0, 0.05) is 18.8 Å². The minimum atomic E-state index is -3.81. The fourth-order valence-corrected chi connectivity index (χ4v) is 4.53. The highest BCUT2D eigenvalue weighted by Gasteiger charge is 2.21. The standard InChI is InChI=1S/C20H23ClN2O5S/c1-28-19-7-6-17(13-18(19)21)29(26,27)22-15-4-2-14(3-5-15)12-20(25)23-10-8-16(24)9-11-23/h2-7,13,16,22,24H,8-12H2,1H3. The number of ether oxygens (including phenoxy) is 1. The Morgan fingerprint density at radius 2 is 1.86 bits per heavy atom. The maximum atomic E-state index is 12.6. The summed E-state index contributed by atoms with van der Waals surface area (Å²) >= 11 is 6.01. The molecule has 0 aliphatic carbocycles. The topological polar surface area (TPSA) is 95.9 Å². The molecule has 0 radical (unpaired) electrons. The number of nitrogens with one attached hydrogen (secondary N) is 1. The van der Waals surface area contributed by atoms with E-state index >= 15 is 0 Å². The van der Waals surface area contributed by atoms with Gasteiger partial charge < -0.3 is 14.7 Å². The van der Waals surface area contributed by atoms with E-state index in [-0.39, 0.29) is 28.4 Å². The van der Waals surface area contributed by atoms with Crippen LogP contribution in [0.15, 0.2) is 47.4 Å². The van der Waals surface area contributed by atoms with E-state index in [2.05, 4.69) is 4.72 Å². The molecule has 1 amide bonds. The maximum absolute atomic E-state index is 12.6. The van der Waals surface area contributed by atoms with E-state index in [0.717, 1.165) is 5.56 Å². The predicted molar refractivity (Wildman–Crippen MR) is 111 cm³/mol. The van der Waals surface area contributed by atoms with Crippen LogP contribution in [0.3, 0.4) is 0 Å². The number of anilines is 1. The third-order valence-electron chi connectivity index (χ3n) is 4.81. The van der Waals surface area contributed by atoms with Crippen LogP contribution in [0.1, 0.15) is 18.4 Å². The first-order valence-corrected chi connectivity index (χ1v) is 11.1. The highest BCUT2D eigenvalue weighted by molar-refractivity contribution is 7.92. The SMILES string of the molecule is COc1ccc(S(=O)(=O)Nc2ccc(CC(=O)N3CCC(O)CC3)cc2)cc1Cl. The molecule has 0 bridgehead atoms. The number of aliphatic hydroxyl groups excluding tert-OH is 1. The lowest BCUT2D eigenvalue weighted by molar-refractivity contribution is -0.132. The van der Waals surface area contributed by atoms with Crippen LogP contribution in [-0.2, 0) is 21.2 Å². The van der Waals surface area contributed by atoms with Crippen molar-refractivity contribution < 1.29 is 23.1 Å². The minimum absolute atomic E-state index is 0.00175. The number of benzene rings is 2. The summed E-state index contributed by atoms with van der Waals surface area (Å²) in [5.74, 6) is 0.390. The second-order valence-electron chi connectivity index (χ2n) is 6.89. The molecule has 1 saturated heterocycles. The molecule has 0 saturated carbocycles. The summed E-state index contributed by atoms with van der Waals surface area (Å²) in [5, 5.41) is 9.74. The average Bonchev–Trinajstić information content (AvgIpc) is 2.69. The van der Waals surface area contributed by atoms with Gasteiger partial charge in [0.15, 0.2) is 0 Å². The van der Waals surface area contributed by atoms with Gasteiger partial charge in [0.2, 0.25) is 5.91 Å². The molecule has 0 atom stereocenters. The van der Waals surface area contributed by atoms with Crippen molar-refractivity contribution in [3.8, 4) is 5.75 Å². The molecule has 0 aromatic heterocycles. The smallest absolute Gasteiger partial charge is 0.261 e. The molecule has 1 aliphatic heterocycles. The number of hydrogen-bond donors (Lipinski definition) is 2. The van der Waals surface area contributed by atoms with Crippen molar-refractivity contribution in [2.45, 2.75) is 30.3 Å². The van der Waals surface area contributed by atoms with E-state index in [4.69, 9.17) is 16.3 Å². The molecule has 29 heavy (non-hydrogen) atoms. The van der Waals surface area contributed by atoms with Gasteiger partial charge in [0.1, 0.15) is 5.75 Å². The third kappa shape index (κ3) is 5.41. The lowest BCUT2D eigenvalue weighted by Gasteiger charge is -2.29. The van der Waals surface area contributed by atoms with E-state index in [9.17, 15) is 18.3 Å². The van der Waals surface area contributed by atoms with Gasteiger partial charge in [-0.2, -0.15) is 0 Å². The van der Waals surface area contributed by atoms with Gasteiger partial charge in [-0.1, -0.05) is 23.7 Å². The predicted octanol–water partition coefficient (Wildman–Crippen LogP) is 2.68. The van der Waals surface area contributed by atoms with E-state index < -0.39 is 10.0 Å². The van der Waals surface area contributed by atoms with Crippen molar-refractivity contribution in [2.24, 2.45) is 0 Å². The van der Waals surface area contributed by atoms with Crippen molar-refractivity contribution in [1.29, 1.82) is 0 Å². The Balaban J connectivity index is 1.64. The van der Waals surface area contributed by atoms with Crippen LogP contribution in [-0.4, -0.2) is 50.6 Å². The number of nitrogens with zero attached hydrogens (tertiary/aromatic N) is 1. The number of carbonyl (C=O) groups is 1. The Bertz CT molecular complexity index is 971. The number of carbonyl (C=O) groups excluding carboxylic acids is 1. The second-order valence-corrected chi connectivity index (χ2v) is 8.98. The summed E-state index contributed by atoms with van der Waals surface area (Å²) in [4.78, 5) is 14.1. The molecule has 2 aromatic carbocycles. The first-order valence-electron chi connectivity index (χ1n) is 9.19. The van der Waals surface area contributed by atoms with Crippen molar-refractivity contribution in [2.75, 3.05) is 24.9 Å². The summed E-state index contributed by atoms with van der Waals surface area (Å²) in [6.45, 7) is 1.12. The number of methoxy groups -OCH3 is 1. The fourth-order valence-electron chi connectivity index (χ4n) is 3.12. The number of likely N-dealkylation sites (tertiary alicyclic amines) is 1. The monoisotopic (exact) mass is 438 g/mol. The molecule has 1 aliphatic rings. The molecule has 7 nitrogen and oxygen atoms in total. The first kappa shape index (κ1) is 21.4. The van der Waals surface area contributed by atoms with Crippen LogP contribution < -0.4 is 9.46 Å². The Hall–Kier alpha value is -2.29. The van der Waals surface area contributed by atoms with Crippen LogP contribution >= 0.6 is 11.6 Å². The van der Waals surface area contributed by atoms with Crippen molar-refractivity contribution in [1.82, 2.24) is 4.90 Å². The van der Waals surface area contributed by atoms with Crippen molar-refractivity contribution in [3.05, 3.63) is 53.1 Å². The number of sulfonamides is 1. The van der Waals surface area contributed by atoms with Crippen molar-refractivity contribution >= 4 is 33.2 Å². The van der Waals surface area contributed by atoms with Gasteiger partial charge in [-0.15, -0.1) is 0 Å². The molecule has 3 rings (SSSR count). The summed E-state index contributed by atoms with van der Waals surface area (Å²) < 4.78 is 32.6. The van der Waals surface area contributed by atoms with Gasteiger partial charge >= 0.3 is 0 Å². The quantitative estimate of drug-likeness (QED) is 0.722.